The molecule has 12 heavy (non-hydrogen) atoms. The van der Waals surface area contributed by atoms with Crippen molar-refractivity contribution in [2.45, 2.75) is 18.9 Å². The summed E-state index contributed by atoms with van der Waals surface area (Å²) in [4.78, 5) is 1.27. The first-order valence-electron chi connectivity index (χ1n) is 4.09. The van der Waals surface area contributed by atoms with Gasteiger partial charge in [0.05, 0.1) is 6.10 Å². The first-order chi connectivity index (χ1) is 5.47. The molecule has 0 spiro atoms. The Hall–Kier alpha value is -0.225. The van der Waals surface area contributed by atoms with Crippen molar-refractivity contribution in [3.63, 3.8) is 0 Å². The van der Waals surface area contributed by atoms with Crippen LogP contribution in [0.2, 0.25) is 0 Å². The number of aliphatic hydroxyl groups excluding tert-OH is 1. The number of hydrogen-bond acceptors (Lipinski definition) is 2. The molecule has 1 atom stereocenters. The fourth-order valence-electron chi connectivity index (χ4n) is 1.49. The maximum atomic E-state index is 11.9. The normalized spacial score (nSPS) is 27.5. The molecule has 1 heterocycles. The van der Waals surface area contributed by atoms with Gasteiger partial charge in [-0.15, -0.1) is 0 Å². The molecule has 0 aromatic heterocycles. The molecular weight excluding hydrogens is 170 g/mol. The Labute approximate surface area is 69.4 Å². The topological polar surface area (TPSA) is 23.5 Å². The highest BCUT2D eigenvalue weighted by atomic mass is 19.4. The van der Waals surface area contributed by atoms with Crippen LogP contribution in [0.15, 0.2) is 0 Å². The van der Waals surface area contributed by atoms with Crippen LogP contribution in [-0.2, 0) is 0 Å². The first kappa shape index (κ1) is 9.86. The van der Waals surface area contributed by atoms with Gasteiger partial charge in [0.15, 0.2) is 0 Å². The van der Waals surface area contributed by atoms with Gasteiger partial charge < -0.3 is 23.0 Å². The van der Waals surface area contributed by atoms with Gasteiger partial charge in [-0.2, -0.15) is 0 Å². The molecule has 1 saturated heterocycles. The third kappa shape index (κ3) is 3.45. The highest BCUT2D eigenvalue weighted by molar-refractivity contribution is 6.58. The lowest BCUT2D eigenvalue weighted by Crippen LogP contribution is -2.45. The fraction of sp³-hybridized carbons (Fsp3) is 1.00. The number of β-amino-alcohol motifs (C(OH)–C–C–N with tert-alkyl or cyclic N) is 1. The van der Waals surface area contributed by atoms with E-state index < -0.39 is 19.5 Å². The molecule has 1 rings (SSSR count). The van der Waals surface area contributed by atoms with Gasteiger partial charge in [-0.25, -0.2) is 0 Å². The maximum absolute atomic E-state index is 11.9. The van der Waals surface area contributed by atoms with E-state index in [0.717, 1.165) is 0 Å². The zero-order valence-electron chi connectivity index (χ0n) is 6.72. The first-order valence-corrected chi connectivity index (χ1v) is 4.09. The van der Waals surface area contributed by atoms with Gasteiger partial charge in [-0.3, -0.25) is 0 Å². The summed E-state index contributed by atoms with van der Waals surface area (Å²) in [5.41, 5.74) is 0. The minimum atomic E-state index is -4.73. The second-order valence-corrected chi connectivity index (χ2v) is 3.27. The molecule has 0 saturated carbocycles. The number of halogens is 3. The molecule has 1 unspecified atom stereocenters. The summed E-state index contributed by atoms with van der Waals surface area (Å²) in [6.07, 6.45) is -0.122. The Kier molecular flexibility index (Phi) is 3.01. The zero-order chi connectivity index (χ0) is 9.19. The number of aliphatic hydroxyl groups is 1. The van der Waals surface area contributed by atoms with E-state index in [1.165, 1.54) is 4.90 Å². The van der Waals surface area contributed by atoms with Crippen LogP contribution in [0, 0.1) is 0 Å². The summed E-state index contributed by atoms with van der Waals surface area (Å²) in [6, 6.07) is 0. The molecular formula is C6H12BF3NO-. The summed E-state index contributed by atoms with van der Waals surface area (Å²) < 4.78 is 35.7. The van der Waals surface area contributed by atoms with Crippen molar-refractivity contribution < 1.29 is 18.1 Å². The lowest BCUT2D eigenvalue weighted by Gasteiger charge is -2.33. The van der Waals surface area contributed by atoms with Crippen LogP contribution in [0.1, 0.15) is 12.8 Å². The predicted molar refractivity (Wildman–Crippen MR) is 40.8 cm³/mol. The van der Waals surface area contributed by atoms with Gasteiger partial charge in [-0.1, -0.05) is 0 Å². The van der Waals surface area contributed by atoms with E-state index in [1.807, 2.05) is 0 Å². The van der Waals surface area contributed by atoms with E-state index in [0.29, 0.717) is 19.4 Å². The van der Waals surface area contributed by atoms with Gasteiger partial charge in [0.1, 0.15) is 0 Å². The summed E-state index contributed by atoms with van der Waals surface area (Å²) in [7, 11) is 0. The Balaban J connectivity index is 2.32. The van der Waals surface area contributed by atoms with E-state index in [1.54, 1.807) is 0 Å². The molecule has 0 aliphatic carbocycles. The molecule has 0 aromatic rings. The van der Waals surface area contributed by atoms with Gasteiger partial charge in [0.2, 0.25) is 0 Å². The smallest absolute Gasteiger partial charge is 0.448 e. The molecule has 0 radical (unpaired) electrons. The Morgan fingerprint density at radius 3 is 2.58 bits per heavy atom. The van der Waals surface area contributed by atoms with Crippen LogP contribution in [0.3, 0.4) is 0 Å². The second-order valence-electron chi connectivity index (χ2n) is 3.27. The minimum absolute atomic E-state index is 0.168. The Morgan fingerprint density at radius 2 is 2.08 bits per heavy atom. The molecule has 1 aliphatic heterocycles. The molecule has 1 fully saturated rings. The van der Waals surface area contributed by atoms with Gasteiger partial charge in [0.25, 0.3) is 0 Å². The van der Waals surface area contributed by atoms with Crippen molar-refractivity contribution in [1.82, 2.24) is 4.90 Å². The van der Waals surface area contributed by atoms with Crippen molar-refractivity contribution in [1.29, 1.82) is 0 Å². The van der Waals surface area contributed by atoms with Crippen LogP contribution in [0.25, 0.3) is 0 Å². The molecule has 2 nitrogen and oxygen atoms in total. The highest BCUT2D eigenvalue weighted by Gasteiger charge is 2.28. The van der Waals surface area contributed by atoms with Crippen molar-refractivity contribution in [2.75, 3.05) is 19.5 Å². The largest absolute Gasteiger partial charge is 0.492 e. The number of piperidine rings is 1. The number of likely N-dealkylation sites (tertiary alicyclic amines) is 1. The van der Waals surface area contributed by atoms with E-state index >= 15 is 0 Å². The monoisotopic (exact) mass is 182 g/mol. The third-order valence-electron chi connectivity index (χ3n) is 1.95. The Bertz CT molecular complexity index is 152. The van der Waals surface area contributed by atoms with E-state index in [9.17, 15) is 12.9 Å². The molecule has 0 amide bonds. The predicted octanol–water partition coefficient (Wildman–Crippen LogP) is 0.830. The summed E-state index contributed by atoms with van der Waals surface area (Å²) in [6.45, 7) is -4.11. The van der Waals surface area contributed by atoms with E-state index in [4.69, 9.17) is 5.11 Å². The quantitative estimate of drug-likeness (QED) is 0.639. The van der Waals surface area contributed by atoms with Crippen LogP contribution >= 0.6 is 0 Å². The SMILES string of the molecule is OC1CCCN(C[B-](F)(F)F)C1. The molecule has 6 heteroatoms. The summed E-state index contributed by atoms with van der Waals surface area (Å²) >= 11 is 0. The van der Waals surface area contributed by atoms with Crippen molar-refractivity contribution in [2.24, 2.45) is 0 Å². The van der Waals surface area contributed by atoms with Crippen LogP contribution in [-0.4, -0.2) is 42.6 Å². The molecule has 0 bridgehead atoms. The average Bonchev–Trinajstić information content (AvgIpc) is 1.82. The minimum Gasteiger partial charge on any atom is -0.448 e. The van der Waals surface area contributed by atoms with E-state index in [2.05, 4.69) is 0 Å². The number of rotatable bonds is 2. The second kappa shape index (κ2) is 3.66. The lowest BCUT2D eigenvalue weighted by molar-refractivity contribution is 0.0756. The molecule has 72 valence electrons. The molecule has 1 N–H and O–H groups in total. The maximum Gasteiger partial charge on any atom is 0.492 e. The van der Waals surface area contributed by atoms with Gasteiger partial charge >= 0.3 is 6.98 Å². The summed E-state index contributed by atoms with van der Waals surface area (Å²) in [5, 5.41) is 9.07. The zero-order valence-corrected chi connectivity index (χ0v) is 6.72. The Morgan fingerprint density at radius 1 is 1.42 bits per heavy atom. The summed E-state index contributed by atoms with van der Waals surface area (Å²) in [5.74, 6) is 0. The van der Waals surface area contributed by atoms with E-state index in [-0.39, 0.29) is 6.54 Å². The number of hydrogen-bond donors (Lipinski definition) is 1. The number of nitrogens with zero attached hydrogens (tertiary/aromatic N) is 1. The van der Waals surface area contributed by atoms with Crippen LogP contribution in [0.5, 0.6) is 0 Å². The van der Waals surface area contributed by atoms with Gasteiger partial charge in [-0.05, 0) is 25.8 Å². The average molecular weight is 182 g/mol. The molecule has 1 aliphatic rings. The van der Waals surface area contributed by atoms with Crippen molar-refractivity contribution in [3.8, 4) is 0 Å². The lowest BCUT2D eigenvalue weighted by atomic mass is 9.90. The van der Waals surface area contributed by atoms with Gasteiger partial charge in [0, 0.05) is 6.54 Å². The van der Waals surface area contributed by atoms with Crippen LogP contribution < -0.4 is 0 Å². The highest BCUT2D eigenvalue weighted by Crippen LogP contribution is 2.15. The van der Waals surface area contributed by atoms with Crippen molar-refractivity contribution >= 4 is 6.98 Å². The molecule has 0 aromatic carbocycles. The standard InChI is InChI=1S/C6H12BF3NO/c8-7(9,10)5-11-3-1-2-6(12)4-11/h6,12H,1-5H2/q-1. The van der Waals surface area contributed by atoms with Crippen molar-refractivity contribution in [3.05, 3.63) is 0 Å². The fourth-order valence-corrected chi connectivity index (χ4v) is 1.49. The third-order valence-corrected chi connectivity index (χ3v) is 1.95. The van der Waals surface area contributed by atoms with Crippen LogP contribution in [0.4, 0.5) is 12.9 Å².